The number of rotatable bonds is 30. The Morgan fingerprint density at radius 3 is 0.675 bits per heavy atom. The van der Waals surface area contributed by atoms with Crippen LogP contribution in [0.3, 0.4) is 0 Å². The van der Waals surface area contributed by atoms with Gasteiger partial charge in [-0.3, -0.25) is 38.4 Å². The van der Waals surface area contributed by atoms with Crippen molar-refractivity contribution in [3.05, 3.63) is 140 Å². The minimum Gasteiger partial charge on any atom is -0.395 e. The maximum atomic E-state index is 14.5. The highest BCUT2D eigenvalue weighted by Crippen LogP contribution is 2.28. The summed E-state index contributed by atoms with van der Waals surface area (Å²) >= 11 is 10.9. The molecule has 4 saturated heterocycles. The highest BCUT2D eigenvalue weighted by Gasteiger charge is 2.37. The third kappa shape index (κ3) is 38.3. The van der Waals surface area contributed by atoms with Crippen LogP contribution in [0.4, 0.5) is 0 Å². The molecule has 0 saturated carbocycles. The predicted octanol–water partition coefficient (Wildman–Crippen LogP) is 0.0191. The Bertz CT molecular complexity index is 3780. The molecule has 4 aromatic carbocycles. The molecule has 8 N–H and O–H groups in total. The van der Waals surface area contributed by atoms with Gasteiger partial charge in [-0.15, -0.1) is 22.2 Å². The molecule has 0 spiro atoms. The number of amides is 8. The molecule has 4 fully saturated rings. The first-order chi connectivity index (χ1) is 59.0. The van der Waals surface area contributed by atoms with E-state index in [9.17, 15) is 79.2 Å². The standard InChI is InChI=1S/C41H64N4O12Si4.C33H48N4O12.C2H6Cl2Si.CH4.B8.B2/c1-58(2)50-21-13-42(14-22-51-58)38(46)34-11-9-32(30-36(34)40(48)44-17-25-54-60(5,6)55-26-18-44)29-33-10-12-35(39(47)43-15-23-52-59(3,4)53-24-16-43)37(31-33)41(49)45-19-27-56-61(7,8)57-28-20-45;38-13-5-34(6-14-39)30(46)26-3-1-24(22-28(26)32(48)36(9-17-42)10-18-43)21-25-2-4-27(31(47)35(7-15-40)8-16-41)29(23-25)33(49)37(11-19-44)12-20-45;1-5(2,3)4;;1-6(2)8(5)7(3)4;1-2/h9-12,30-31H,13-29H2,1-8H3;1-4,22-23,38-45H,5-21H2;1-2H3;1H4;;. The number of carbonyl (C=O) groups excluding carboxylic acids is 8. The van der Waals surface area contributed by atoms with Crippen LogP contribution >= 0.6 is 22.2 Å². The lowest BCUT2D eigenvalue weighted by Gasteiger charge is -2.33. The van der Waals surface area contributed by atoms with E-state index in [1.807, 2.05) is 77.6 Å². The SMILES string of the molecule is C.C[Si](C)(Cl)Cl.C[Si]1(C)OCCN(C(=O)c2ccc(Cc3ccc(C(=O)N4CCO[Si](C)(C)OCC4)c(C(=O)N4CCO[Si](C)(C)OCC4)c3)cc2C(=O)N2CCO[Si](C)(C)OCC2)CCO1.O=C(c1ccc(Cc2ccc(C(=O)N(CCO)CCO)c(C(=O)N(CCO)CCO)c2)cc1C(=O)N(CCO)CCO)N(CCO)CCO.[B]B([B])B([B])B([B])[B].[B][B]. The minimum absolute atomic E-state index is 0. The summed E-state index contributed by atoms with van der Waals surface area (Å²) in [6.45, 7) is 19.3. The Kier molecular flexibility index (Phi) is 51.7. The van der Waals surface area contributed by atoms with Crippen LogP contribution in [0, 0.1) is 0 Å². The number of benzene rings is 4. The van der Waals surface area contributed by atoms with Crippen LogP contribution in [-0.2, 0) is 48.2 Å². The molecule has 4 heterocycles. The Hall–Kier alpha value is -5.69. The number of carbonyl (C=O) groups is 8. The molecular weight excluding hydrogens is 1740 g/mol. The molecule has 8 amide bonds. The molecule has 0 aliphatic carbocycles. The van der Waals surface area contributed by atoms with Crippen LogP contribution in [0.2, 0.25) is 65.5 Å². The summed E-state index contributed by atoms with van der Waals surface area (Å²) in [5, 5.41) is 76.0. The summed E-state index contributed by atoms with van der Waals surface area (Å²) < 4.78 is 48.1. The smallest absolute Gasteiger partial charge is 0.331 e. The van der Waals surface area contributed by atoms with Gasteiger partial charge in [0.1, 0.15) is 0 Å². The largest absolute Gasteiger partial charge is 0.395 e. The zero-order valence-electron chi connectivity index (χ0n) is 73.7. The second-order valence-electron chi connectivity index (χ2n) is 31.4. The van der Waals surface area contributed by atoms with E-state index in [1.54, 1.807) is 56.0 Å². The highest BCUT2D eigenvalue weighted by molar-refractivity contribution is 7.89. The first-order valence-corrected chi connectivity index (χ1v) is 57.7. The Morgan fingerprint density at radius 2 is 0.500 bits per heavy atom. The van der Waals surface area contributed by atoms with E-state index >= 15 is 0 Å². The minimum atomic E-state index is -2.30. The van der Waals surface area contributed by atoms with Gasteiger partial charge < -0.3 is 115 Å². The molecule has 4 aliphatic heterocycles. The third-order valence-electron chi connectivity index (χ3n) is 19.6. The summed E-state index contributed by atoms with van der Waals surface area (Å²) in [6, 6.07) is 19.6. The fourth-order valence-corrected chi connectivity index (χ4v) is 18.2. The second-order valence-corrected chi connectivity index (χ2v) is 53.9. The van der Waals surface area contributed by atoms with E-state index < -0.39 is 110 Å². The monoisotopic (exact) mass is 1860 g/mol. The topological polar surface area (TPSA) is 398 Å². The maximum absolute atomic E-state index is 14.5. The van der Waals surface area contributed by atoms with E-state index in [0.29, 0.717) is 123 Å². The van der Waals surface area contributed by atoms with Crippen molar-refractivity contribution < 1.29 is 115 Å². The van der Waals surface area contributed by atoms with Crippen molar-refractivity contribution in [2.24, 2.45) is 0 Å². The number of nitrogens with zero attached hydrogens (tertiary/aromatic N) is 8. The van der Waals surface area contributed by atoms with E-state index in [1.165, 1.54) is 43.9 Å². The van der Waals surface area contributed by atoms with Crippen molar-refractivity contribution in [1.82, 2.24) is 39.2 Å². The van der Waals surface area contributed by atoms with E-state index in [2.05, 4.69) is 15.5 Å². The lowest BCUT2D eigenvalue weighted by molar-refractivity contribution is 0.0561. The summed E-state index contributed by atoms with van der Waals surface area (Å²) in [6.07, 6.45) is -1.37. The molecule has 4 aliphatic rings. The molecule has 14 radical (unpaired) electrons. The fourth-order valence-electron chi connectivity index (χ4n) is 13.2. The molecule has 0 aromatic heterocycles. The maximum Gasteiger partial charge on any atom is 0.331 e. The number of aliphatic hydroxyl groups excluding tert-OH is 8. The average molecular weight is 1860 g/mol. The van der Waals surface area contributed by atoms with Crippen molar-refractivity contribution in [3.63, 3.8) is 0 Å². The molecule has 0 unspecified atom stereocenters. The van der Waals surface area contributed by atoms with Gasteiger partial charge in [-0.05, 0) is 149 Å². The first-order valence-electron chi connectivity index (χ1n) is 41.4. The Balaban J connectivity index is 0.000000565. The molecule has 0 bridgehead atoms. The summed E-state index contributed by atoms with van der Waals surface area (Å²) in [4.78, 5) is 123. The van der Waals surface area contributed by atoms with Crippen molar-refractivity contribution >= 4 is 184 Å². The highest BCUT2D eigenvalue weighted by atomic mass is 35.7. The van der Waals surface area contributed by atoms with Gasteiger partial charge in [0, 0.05) is 178 Å². The number of halogens is 2. The lowest BCUT2D eigenvalue weighted by atomic mass is 8.68. The summed E-state index contributed by atoms with van der Waals surface area (Å²) in [7, 11) is 24.6. The quantitative estimate of drug-likeness (QED) is 0.0252. The molecule has 32 nitrogen and oxygen atoms in total. The molecule has 0 atom stereocenters. The molecule has 8 rings (SSSR count). The summed E-state index contributed by atoms with van der Waals surface area (Å²) in [5.41, 5.74) is 3.41. The van der Waals surface area contributed by atoms with E-state index in [0.717, 1.165) is 11.1 Å². The molecule has 678 valence electrons. The second kappa shape index (κ2) is 56.9. The number of hydrogen-bond donors (Lipinski definition) is 8. The number of aliphatic hydroxyl groups is 8. The molecule has 126 heavy (non-hydrogen) atoms. The lowest BCUT2D eigenvalue weighted by Crippen LogP contribution is -2.52. The van der Waals surface area contributed by atoms with Gasteiger partial charge in [0.15, 0.2) is 0 Å². The Labute approximate surface area is 768 Å². The molecular formula is C77H122B10Cl2N8O24Si5. The third-order valence-corrected chi connectivity index (χ3v) is 26.8. The normalized spacial score (nSPS) is 16.2. The van der Waals surface area contributed by atoms with Gasteiger partial charge in [-0.1, -0.05) is 31.7 Å². The molecule has 49 heteroatoms. The van der Waals surface area contributed by atoms with Crippen molar-refractivity contribution in [2.45, 2.75) is 85.7 Å². The predicted molar refractivity (Wildman–Crippen MR) is 506 cm³/mol. The number of hydrogen-bond acceptors (Lipinski definition) is 24. The van der Waals surface area contributed by atoms with Crippen molar-refractivity contribution in [3.8, 4) is 0 Å². The van der Waals surface area contributed by atoms with Crippen LogP contribution in [0.15, 0.2) is 72.8 Å². The van der Waals surface area contributed by atoms with Gasteiger partial charge in [-0.25, -0.2) is 0 Å². The van der Waals surface area contributed by atoms with Crippen LogP contribution < -0.4 is 0 Å². The van der Waals surface area contributed by atoms with Crippen LogP contribution in [0.25, 0.3) is 0 Å². The van der Waals surface area contributed by atoms with Gasteiger partial charge >= 0.3 is 34.2 Å². The summed E-state index contributed by atoms with van der Waals surface area (Å²) in [5.74, 6) is -3.76. The zero-order valence-corrected chi connectivity index (χ0v) is 80.2. The van der Waals surface area contributed by atoms with Crippen LogP contribution in [0.1, 0.15) is 113 Å². The van der Waals surface area contributed by atoms with Crippen LogP contribution in [0.5, 0.6) is 0 Å². The molecule has 4 aromatic rings. The van der Waals surface area contributed by atoms with Gasteiger partial charge in [0.2, 0.25) is 6.69 Å². The first kappa shape index (κ1) is 114. The van der Waals surface area contributed by atoms with Gasteiger partial charge in [0.05, 0.1) is 150 Å². The average Bonchev–Trinajstić information content (AvgIpc) is 0.794. The Morgan fingerprint density at radius 1 is 0.333 bits per heavy atom. The van der Waals surface area contributed by atoms with Crippen molar-refractivity contribution in [1.29, 1.82) is 0 Å². The fraction of sp³-hybridized carbons (Fsp3) is 0.584. The van der Waals surface area contributed by atoms with Crippen molar-refractivity contribution in [2.75, 3.05) is 210 Å². The van der Waals surface area contributed by atoms with Crippen LogP contribution in [-0.4, -0.2) is 452 Å². The van der Waals surface area contributed by atoms with Gasteiger partial charge in [0.25, 0.3) is 47.3 Å². The van der Waals surface area contributed by atoms with E-state index in [-0.39, 0.29) is 161 Å². The van der Waals surface area contributed by atoms with E-state index in [4.69, 9.17) is 96.3 Å². The van der Waals surface area contributed by atoms with Gasteiger partial charge in [-0.2, -0.15) is 0 Å². The zero-order chi connectivity index (χ0) is 93.6.